The van der Waals surface area contributed by atoms with Gasteiger partial charge in [-0.3, -0.25) is 9.78 Å². The Balaban J connectivity index is 2.64. The fourth-order valence-electron chi connectivity index (χ4n) is 1.99. The molecule has 0 aliphatic carbocycles. The second-order valence-corrected chi connectivity index (χ2v) is 4.94. The van der Waals surface area contributed by atoms with E-state index in [0.29, 0.717) is 13.1 Å². The number of carbonyl (C=O) groups is 1. The molecule has 1 rings (SSSR count). The lowest BCUT2D eigenvalue weighted by atomic mass is 10.1. The van der Waals surface area contributed by atoms with Gasteiger partial charge in [0.15, 0.2) is 0 Å². The zero-order valence-electron chi connectivity index (χ0n) is 13.0. The molecule has 5 nitrogen and oxygen atoms in total. The third kappa shape index (κ3) is 4.20. The highest BCUT2D eigenvalue weighted by molar-refractivity contribution is 5.81. The van der Waals surface area contributed by atoms with Crippen LogP contribution in [-0.2, 0) is 11.3 Å². The maximum atomic E-state index is 11.8. The molecule has 1 amide bonds. The molecule has 1 aromatic rings. The summed E-state index contributed by atoms with van der Waals surface area (Å²) in [7, 11) is 1.66. The molecular weight excluding hydrogens is 254 g/mol. The molecule has 20 heavy (non-hydrogen) atoms. The van der Waals surface area contributed by atoms with Gasteiger partial charge in [-0.05, 0) is 27.2 Å². The standard InChI is InChI=1S/C15H25N3O2/c1-6-7-16-15(19)12(4)17-9-13-11(3)14(20-5)10(2)8-18-13/h8,12,17H,6-7,9H2,1-5H3,(H,16,19). The summed E-state index contributed by atoms with van der Waals surface area (Å²) in [6, 6.07) is -0.241. The summed E-state index contributed by atoms with van der Waals surface area (Å²) in [4.78, 5) is 16.2. The zero-order valence-corrected chi connectivity index (χ0v) is 13.0. The lowest BCUT2D eigenvalue weighted by Gasteiger charge is -2.16. The number of nitrogens with one attached hydrogen (secondary N) is 2. The third-order valence-corrected chi connectivity index (χ3v) is 3.27. The van der Waals surface area contributed by atoms with Gasteiger partial charge in [-0.15, -0.1) is 0 Å². The highest BCUT2D eigenvalue weighted by Crippen LogP contribution is 2.23. The minimum Gasteiger partial charge on any atom is -0.496 e. The number of methoxy groups -OCH3 is 1. The van der Waals surface area contributed by atoms with Gasteiger partial charge < -0.3 is 15.4 Å². The van der Waals surface area contributed by atoms with Gasteiger partial charge in [0.05, 0.1) is 18.8 Å². The molecule has 1 heterocycles. The van der Waals surface area contributed by atoms with Crippen LogP contribution in [0.4, 0.5) is 0 Å². The van der Waals surface area contributed by atoms with Gasteiger partial charge in [0, 0.05) is 30.4 Å². The molecule has 1 aromatic heterocycles. The van der Waals surface area contributed by atoms with Crippen LogP contribution in [0, 0.1) is 13.8 Å². The Labute approximate surface area is 121 Å². The Morgan fingerprint density at radius 1 is 1.45 bits per heavy atom. The van der Waals surface area contributed by atoms with Crippen molar-refractivity contribution in [2.75, 3.05) is 13.7 Å². The molecule has 1 atom stereocenters. The van der Waals surface area contributed by atoms with Crippen molar-refractivity contribution in [2.45, 2.75) is 46.7 Å². The molecule has 2 N–H and O–H groups in total. The lowest BCUT2D eigenvalue weighted by molar-refractivity contribution is -0.122. The molecule has 0 saturated heterocycles. The number of nitrogens with zero attached hydrogens (tertiary/aromatic N) is 1. The van der Waals surface area contributed by atoms with Crippen molar-refractivity contribution in [1.82, 2.24) is 15.6 Å². The van der Waals surface area contributed by atoms with Crippen LogP contribution < -0.4 is 15.4 Å². The Morgan fingerprint density at radius 3 is 2.75 bits per heavy atom. The van der Waals surface area contributed by atoms with E-state index in [-0.39, 0.29) is 11.9 Å². The second-order valence-electron chi connectivity index (χ2n) is 4.94. The maximum absolute atomic E-state index is 11.8. The molecule has 1 unspecified atom stereocenters. The van der Waals surface area contributed by atoms with Gasteiger partial charge in [0.25, 0.3) is 0 Å². The van der Waals surface area contributed by atoms with E-state index >= 15 is 0 Å². The van der Waals surface area contributed by atoms with Gasteiger partial charge >= 0.3 is 0 Å². The van der Waals surface area contributed by atoms with E-state index < -0.39 is 0 Å². The number of hydrogen-bond acceptors (Lipinski definition) is 4. The first-order chi connectivity index (χ1) is 9.51. The zero-order chi connectivity index (χ0) is 15.1. The summed E-state index contributed by atoms with van der Waals surface area (Å²) in [5.41, 5.74) is 2.94. The molecule has 0 fully saturated rings. The Hall–Kier alpha value is -1.62. The highest BCUT2D eigenvalue weighted by Gasteiger charge is 2.14. The fourth-order valence-corrected chi connectivity index (χ4v) is 1.99. The first kappa shape index (κ1) is 16.4. The summed E-state index contributed by atoms with van der Waals surface area (Å²) in [6.45, 7) is 9.09. The number of aromatic nitrogens is 1. The highest BCUT2D eigenvalue weighted by atomic mass is 16.5. The van der Waals surface area contributed by atoms with E-state index in [0.717, 1.165) is 29.0 Å². The molecule has 0 aliphatic heterocycles. The van der Waals surface area contributed by atoms with Crippen LogP contribution in [-0.4, -0.2) is 30.6 Å². The van der Waals surface area contributed by atoms with Gasteiger partial charge in [0.1, 0.15) is 5.75 Å². The Bertz CT molecular complexity index is 461. The van der Waals surface area contributed by atoms with Gasteiger partial charge in [-0.1, -0.05) is 6.92 Å². The Morgan fingerprint density at radius 2 is 2.15 bits per heavy atom. The van der Waals surface area contributed by atoms with Gasteiger partial charge in [-0.2, -0.15) is 0 Å². The third-order valence-electron chi connectivity index (χ3n) is 3.27. The molecule has 0 radical (unpaired) electrons. The van der Waals surface area contributed by atoms with Gasteiger partial charge in [0.2, 0.25) is 5.91 Å². The van der Waals surface area contributed by atoms with E-state index in [4.69, 9.17) is 4.74 Å². The van der Waals surface area contributed by atoms with Crippen LogP contribution in [0.25, 0.3) is 0 Å². The van der Waals surface area contributed by atoms with Crippen LogP contribution in [0.2, 0.25) is 0 Å². The summed E-state index contributed by atoms with van der Waals surface area (Å²) < 4.78 is 5.38. The normalized spacial score (nSPS) is 12.1. The first-order valence-electron chi connectivity index (χ1n) is 7.01. The fraction of sp³-hybridized carbons (Fsp3) is 0.600. The van der Waals surface area contributed by atoms with Crippen LogP contribution >= 0.6 is 0 Å². The molecule has 0 bridgehead atoms. The van der Waals surface area contributed by atoms with Crippen molar-refractivity contribution < 1.29 is 9.53 Å². The topological polar surface area (TPSA) is 63.2 Å². The minimum absolute atomic E-state index is 0.0172. The molecule has 5 heteroatoms. The summed E-state index contributed by atoms with van der Waals surface area (Å²) in [5.74, 6) is 0.878. The SMILES string of the molecule is CCCNC(=O)C(C)NCc1ncc(C)c(OC)c1C. The first-order valence-corrected chi connectivity index (χ1v) is 7.01. The molecule has 0 saturated carbocycles. The number of ether oxygens (including phenoxy) is 1. The van der Waals surface area contributed by atoms with Crippen molar-refractivity contribution >= 4 is 5.91 Å². The number of rotatable bonds is 7. The van der Waals surface area contributed by atoms with E-state index in [1.54, 1.807) is 13.3 Å². The van der Waals surface area contributed by atoms with Crippen LogP contribution in [0.1, 0.15) is 37.1 Å². The van der Waals surface area contributed by atoms with E-state index in [2.05, 4.69) is 15.6 Å². The minimum atomic E-state index is -0.241. The molecular formula is C15H25N3O2. The molecule has 0 aromatic carbocycles. The number of pyridine rings is 1. The van der Waals surface area contributed by atoms with Crippen LogP contribution in [0.15, 0.2) is 6.20 Å². The number of carbonyl (C=O) groups excluding carboxylic acids is 1. The maximum Gasteiger partial charge on any atom is 0.236 e. The number of hydrogen-bond donors (Lipinski definition) is 2. The van der Waals surface area contributed by atoms with Crippen LogP contribution in [0.3, 0.4) is 0 Å². The average Bonchev–Trinajstić information content (AvgIpc) is 2.44. The van der Waals surface area contributed by atoms with Gasteiger partial charge in [-0.25, -0.2) is 0 Å². The Kier molecular flexibility index (Phi) is 6.45. The quantitative estimate of drug-likeness (QED) is 0.797. The summed E-state index contributed by atoms with van der Waals surface area (Å²) >= 11 is 0. The smallest absolute Gasteiger partial charge is 0.236 e. The predicted octanol–water partition coefficient (Wildman–Crippen LogP) is 1.71. The second kappa shape index (κ2) is 7.85. The molecule has 112 valence electrons. The van der Waals surface area contributed by atoms with Crippen molar-refractivity contribution in [3.63, 3.8) is 0 Å². The summed E-state index contributed by atoms with van der Waals surface area (Å²) in [5, 5.41) is 6.06. The number of amides is 1. The monoisotopic (exact) mass is 279 g/mol. The predicted molar refractivity (Wildman–Crippen MR) is 79.9 cm³/mol. The lowest BCUT2D eigenvalue weighted by Crippen LogP contribution is -2.42. The van der Waals surface area contributed by atoms with E-state index in [1.807, 2.05) is 27.7 Å². The van der Waals surface area contributed by atoms with Crippen LogP contribution in [0.5, 0.6) is 5.75 Å². The molecule has 0 aliphatic rings. The number of aryl methyl sites for hydroxylation is 1. The van der Waals surface area contributed by atoms with Crippen molar-refractivity contribution in [3.8, 4) is 5.75 Å². The molecule has 0 spiro atoms. The van der Waals surface area contributed by atoms with Crippen molar-refractivity contribution in [3.05, 3.63) is 23.0 Å². The van der Waals surface area contributed by atoms with Crippen molar-refractivity contribution in [1.29, 1.82) is 0 Å². The van der Waals surface area contributed by atoms with Crippen molar-refractivity contribution in [2.24, 2.45) is 0 Å². The summed E-state index contributed by atoms with van der Waals surface area (Å²) in [6.07, 6.45) is 2.74. The average molecular weight is 279 g/mol. The largest absolute Gasteiger partial charge is 0.496 e. The van der Waals surface area contributed by atoms with E-state index in [1.165, 1.54) is 0 Å². The van der Waals surface area contributed by atoms with E-state index in [9.17, 15) is 4.79 Å².